The lowest BCUT2D eigenvalue weighted by atomic mass is 9.83. The van der Waals surface area contributed by atoms with E-state index in [9.17, 15) is 0 Å². The zero-order chi connectivity index (χ0) is 46.5. The fourth-order valence-electron chi connectivity index (χ4n) is 12.1. The Kier molecular flexibility index (Phi) is 9.75. The van der Waals surface area contributed by atoms with Gasteiger partial charge in [0, 0.05) is 0 Å². The second-order valence-electron chi connectivity index (χ2n) is 19.6. The van der Waals surface area contributed by atoms with Gasteiger partial charge in [0.2, 0.25) is 0 Å². The molecule has 68 heavy (non-hydrogen) atoms. The smallest absolute Gasteiger partial charge is 0.00923 e. The van der Waals surface area contributed by atoms with Crippen LogP contribution in [0.4, 0.5) is 0 Å². The molecule has 0 aliphatic heterocycles. The minimum atomic E-state index is 1.21. The molecule has 0 aliphatic carbocycles. The maximum Gasteiger partial charge on any atom is -0.00923 e. The van der Waals surface area contributed by atoms with E-state index in [0.717, 1.165) is 0 Å². The molecule has 0 fully saturated rings. The van der Waals surface area contributed by atoms with Gasteiger partial charge in [-0.05, 0) is 257 Å². The Morgan fingerprint density at radius 2 is 0.412 bits per heavy atom. The number of rotatable bonds is 5. The van der Waals surface area contributed by atoms with Crippen molar-refractivity contribution in [2.24, 2.45) is 0 Å². The normalized spacial score (nSPS) is 11.8. The van der Waals surface area contributed by atoms with Gasteiger partial charge in [-0.1, -0.05) is 146 Å². The first-order chi connectivity index (χ1) is 33.0. The molecule has 0 N–H and O–H groups in total. The van der Waals surface area contributed by atoms with Gasteiger partial charge in [0.1, 0.15) is 0 Å². The van der Waals surface area contributed by atoms with Crippen molar-refractivity contribution >= 4 is 64.6 Å². The first kappa shape index (κ1) is 41.6. The van der Waals surface area contributed by atoms with Gasteiger partial charge in [-0.25, -0.2) is 0 Å². The lowest BCUT2D eigenvalue weighted by molar-refractivity contribution is 1.38. The molecule has 0 heterocycles. The number of benzene rings is 12. The van der Waals surface area contributed by atoms with Crippen LogP contribution in [0.5, 0.6) is 0 Å². The van der Waals surface area contributed by atoms with Gasteiger partial charge in [-0.2, -0.15) is 0 Å². The van der Waals surface area contributed by atoms with E-state index in [1.54, 1.807) is 0 Å². The molecular formula is C68H54. The van der Waals surface area contributed by atoms with Gasteiger partial charge in [0.05, 0.1) is 0 Å². The third kappa shape index (κ3) is 6.42. The maximum absolute atomic E-state index is 2.50. The highest BCUT2D eigenvalue weighted by Gasteiger charge is 2.21. The van der Waals surface area contributed by atoms with E-state index in [2.05, 4.69) is 237 Å². The molecule has 0 aromatic heterocycles. The summed E-state index contributed by atoms with van der Waals surface area (Å²) in [7, 11) is 0. The van der Waals surface area contributed by atoms with E-state index in [1.165, 1.54) is 165 Å². The quantitative estimate of drug-likeness (QED) is 0.151. The van der Waals surface area contributed by atoms with Crippen molar-refractivity contribution in [3.63, 3.8) is 0 Å². The summed E-state index contributed by atoms with van der Waals surface area (Å²) in [6.07, 6.45) is 0. The van der Waals surface area contributed by atoms with E-state index in [-0.39, 0.29) is 0 Å². The van der Waals surface area contributed by atoms with Gasteiger partial charge in [-0.15, -0.1) is 0 Å². The monoisotopic (exact) mass is 870 g/mol. The van der Waals surface area contributed by atoms with Gasteiger partial charge < -0.3 is 0 Å². The van der Waals surface area contributed by atoms with E-state index in [4.69, 9.17) is 0 Å². The van der Waals surface area contributed by atoms with Crippen LogP contribution in [-0.2, 0) is 0 Å². The molecule has 12 rings (SSSR count). The first-order valence-electron chi connectivity index (χ1n) is 24.2. The largest absolute Gasteiger partial charge is 0.0617 e. The van der Waals surface area contributed by atoms with Crippen molar-refractivity contribution in [1.29, 1.82) is 0 Å². The number of hydrogen-bond donors (Lipinski definition) is 0. The highest BCUT2D eigenvalue weighted by molar-refractivity contribution is 6.26. The number of fused-ring (bicyclic) bond motifs is 10. The Morgan fingerprint density at radius 3 is 0.691 bits per heavy atom. The number of aryl methyl sites for hydroxylation is 8. The predicted molar refractivity (Wildman–Crippen MR) is 297 cm³/mol. The summed E-state index contributed by atoms with van der Waals surface area (Å²) in [4.78, 5) is 0. The second kappa shape index (κ2) is 15.9. The lowest BCUT2D eigenvalue weighted by Gasteiger charge is -2.21. The molecular weight excluding hydrogens is 817 g/mol. The van der Waals surface area contributed by atoms with Crippen LogP contribution < -0.4 is 0 Å². The maximum atomic E-state index is 2.50. The second-order valence-corrected chi connectivity index (χ2v) is 19.6. The average Bonchev–Trinajstić information content (AvgIpc) is 3.33. The van der Waals surface area contributed by atoms with Crippen LogP contribution in [0, 0.1) is 55.4 Å². The standard InChI is InChI=1S/C68H54/c1-39-17-13-18-40(2)65(39)61-35-59-53-31-29-47(33-55(53)63(67-43(5)21-15-22-44(67)6)37-57(59)49-25-9-11-27-51(49)61)48-30-32-54-56(34-48)64(68-45(7)23-16-24-46(68)8)38-58-50-26-10-12-28-52(50)62(36-60(54)58)66-41(3)19-14-20-42(66)4/h9-38H,1-8H3. The third-order valence-electron chi connectivity index (χ3n) is 15.3. The Balaban J connectivity index is 1.17. The van der Waals surface area contributed by atoms with E-state index in [1.807, 2.05) is 0 Å². The van der Waals surface area contributed by atoms with Gasteiger partial charge >= 0.3 is 0 Å². The van der Waals surface area contributed by atoms with Crippen molar-refractivity contribution in [2.45, 2.75) is 55.4 Å². The van der Waals surface area contributed by atoms with Crippen LogP contribution in [-0.4, -0.2) is 0 Å². The zero-order valence-electron chi connectivity index (χ0n) is 40.3. The van der Waals surface area contributed by atoms with Crippen molar-refractivity contribution in [3.8, 4) is 55.6 Å². The molecule has 12 aromatic rings. The van der Waals surface area contributed by atoms with Crippen LogP contribution in [0.3, 0.4) is 0 Å². The van der Waals surface area contributed by atoms with E-state index in [0.29, 0.717) is 0 Å². The summed E-state index contributed by atoms with van der Waals surface area (Å²) in [5, 5.41) is 15.4. The molecule has 0 heteroatoms. The van der Waals surface area contributed by atoms with Gasteiger partial charge in [0.25, 0.3) is 0 Å². The van der Waals surface area contributed by atoms with Crippen molar-refractivity contribution in [1.82, 2.24) is 0 Å². The highest BCUT2D eigenvalue weighted by Crippen LogP contribution is 2.48. The van der Waals surface area contributed by atoms with Crippen LogP contribution in [0.2, 0.25) is 0 Å². The fraction of sp³-hybridized carbons (Fsp3) is 0.118. The molecule has 0 atom stereocenters. The Labute approximate surface area is 400 Å². The highest BCUT2D eigenvalue weighted by atomic mass is 14.2. The average molecular weight is 871 g/mol. The summed E-state index contributed by atoms with van der Waals surface area (Å²) in [6.45, 7) is 18.1. The molecule has 0 unspecified atom stereocenters. The molecule has 0 bridgehead atoms. The summed E-state index contributed by atoms with van der Waals surface area (Å²) in [5.41, 5.74) is 23.2. The topological polar surface area (TPSA) is 0 Å². The van der Waals surface area contributed by atoms with Crippen molar-refractivity contribution in [3.05, 3.63) is 226 Å². The fourth-order valence-corrected chi connectivity index (χ4v) is 12.1. The van der Waals surface area contributed by atoms with Crippen LogP contribution in [0.1, 0.15) is 44.5 Å². The van der Waals surface area contributed by atoms with Crippen LogP contribution in [0.25, 0.3) is 120 Å². The minimum Gasteiger partial charge on any atom is -0.0617 e. The molecule has 0 spiro atoms. The van der Waals surface area contributed by atoms with Crippen LogP contribution >= 0.6 is 0 Å². The molecule has 0 amide bonds. The van der Waals surface area contributed by atoms with Gasteiger partial charge in [0.15, 0.2) is 0 Å². The summed E-state index contributed by atoms with van der Waals surface area (Å²) >= 11 is 0. The molecule has 0 aliphatic rings. The first-order valence-corrected chi connectivity index (χ1v) is 24.2. The molecule has 0 saturated heterocycles. The van der Waals surface area contributed by atoms with E-state index >= 15 is 0 Å². The SMILES string of the molecule is Cc1cccc(C)c1-c1cc2c3ccc(-c4ccc5c(c4)c(-c4c(C)cccc4C)cc4c6ccccc6c(-c6c(C)cccc6C)cc54)cc3c(-c3c(C)cccc3C)cc2c2ccccc12. The van der Waals surface area contributed by atoms with Crippen LogP contribution in [0.15, 0.2) is 182 Å². The summed E-state index contributed by atoms with van der Waals surface area (Å²) in [5.74, 6) is 0. The molecule has 326 valence electrons. The lowest BCUT2D eigenvalue weighted by Crippen LogP contribution is -1.95. The van der Waals surface area contributed by atoms with Crippen molar-refractivity contribution < 1.29 is 0 Å². The zero-order valence-corrected chi connectivity index (χ0v) is 40.3. The predicted octanol–water partition coefficient (Wildman–Crippen LogP) is 19.4. The molecule has 0 nitrogen and oxygen atoms in total. The van der Waals surface area contributed by atoms with Crippen molar-refractivity contribution in [2.75, 3.05) is 0 Å². The Hall–Kier alpha value is -7.80. The van der Waals surface area contributed by atoms with Gasteiger partial charge in [-0.3, -0.25) is 0 Å². The minimum absolute atomic E-state index is 1.21. The van der Waals surface area contributed by atoms with E-state index < -0.39 is 0 Å². The Bertz CT molecular complexity index is 3750. The molecule has 0 saturated carbocycles. The summed E-state index contributed by atoms with van der Waals surface area (Å²) < 4.78 is 0. The third-order valence-corrected chi connectivity index (χ3v) is 15.3. The number of hydrogen-bond acceptors (Lipinski definition) is 0. The summed E-state index contributed by atoms with van der Waals surface area (Å²) in [6, 6.07) is 69.3. The molecule has 0 radical (unpaired) electrons. The molecule has 12 aromatic carbocycles. The Morgan fingerprint density at radius 1 is 0.176 bits per heavy atom.